The maximum absolute atomic E-state index is 12.0. The Morgan fingerprint density at radius 1 is 1.46 bits per heavy atom. The molecule has 9 heteroatoms. The Bertz CT molecular complexity index is 599. The van der Waals surface area contributed by atoms with Gasteiger partial charge in [-0.3, -0.25) is 4.79 Å². The first-order valence-corrected chi connectivity index (χ1v) is 7.93. The second-order valence-electron chi connectivity index (χ2n) is 6.12. The van der Waals surface area contributed by atoms with Gasteiger partial charge in [0.05, 0.1) is 43.8 Å². The highest BCUT2D eigenvalue weighted by atomic mass is 16.6. The number of hydrogen-bond acceptors (Lipinski definition) is 6. The first-order chi connectivity index (χ1) is 11.6. The van der Waals surface area contributed by atoms with Gasteiger partial charge in [0.15, 0.2) is 0 Å². The number of amides is 3. The summed E-state index contributed by atoms with van der Waals surface area (Å²) in [7, 11) is 0. The van der Waals surface area contributed by atoms with E-state index in [4.69, 9.17) is 15.2 Å². The lowest BCUT2D eigenvalue weighted by molar-refractivity contribution is -0.0817. The van der Waals surface area contributed by atoms with Crippen LogP contribution >= 0.6 is 0 Å². The van der Waals surface area contributed by atoms with E-state index < -0.39 is 11.6 Å². The van der Waals surface area contributed by atoms with Crippen molar-refractivity contribution in [3.05, 3.63) is 24.0 Å². The van der Waals surface area contributed by atoms with Gasteiger partial charge in [-0.1, -0.05) is 0 Å². The summed E-state index contributed by atoms with van der Waals surface area (Å²) < 4.78 is 11.7. The zero-order valence-corrected chi connectivity index (χ0v) is 13.3. The van der Waals surface area contributed by atoms with Gasteiger partial charge in [0, 0.05) is 13.1 Å². The molecule has 0 bridgehead atoms. The van der Waals surface area contributed by atoms with Crippen molar-refractivity contribution in [3.63, 3.8) is 0 Å². The molecule has 9 nitrogen and oxygen atoms in total. The number of aromatic nitrogens is 2. The Kier molecular flexibility index (Phi) is 4.91. The van der Waals surface area contributed by atoms with Crippen LogP contribution in [-0.4, -0.2) is 71.6 Å². The molecule has 2 fully saturated rings. The van der Waals surface area contributed by atoms with E-state index in [1.165, 1.54) is 12.4 Å². The molecule has 0 radical (unpaired) electrons. The van der Waals surface area contributed by atoms with Gasteiger partial charge in [-0.15, -0.1) is 0 Å². The van der Waals surface area contributed by atoms with Crippen LogP contribution in [0.3, 0.4) is 0 Å². The molecule has 1 aromatic rings. The molecule has 0 saturated carbocycles. The maximum atomic E-state index is 12.0. The standard InChI is InChI=1S/C15H21N5O4/c16-14(22)20-5-6-23-10-15(9-20)3-1-12(24-15)8-17-13(21)11-2-4-18-19-7-11/h2,4,7,12H,1,3,5-6,8-10H2,(H2,16,22)(H,17,21). The summed E-state index contributed by atoms with van der Waals surface area (Å²) in [6.45, 7) is 2.15. The van der Waals surface area contributed by atoms with Gasteiger partial charge in [-0.25, -0.2) is 4.79 Å². The van der Waals surface area contributed by atoms with Crippen molar-refractivity contribution in [2.75, 3.05) is 32.8 Å². The monoisotopic (exact) mass is 335 g/mol. The molecule has 24 heavy (non-hydrogen) atoms. The van der Waals surface area contributed by atoms with E-state index in [0.29, 0.717) is 38.4 Å². The van der Waals surface area contributed by atoms with Crippen LogP contribution in [0.4, 0.5) is 4.79 Å². The van der Waals surface area contributed by atoms with Crippen molar-refractivity contribution < 1.29 is 19.1 Å². The minimum absolute atomic E-state index is 0.125. The lowest BCUT2D eigenvalue weighted by Gasteiger charge is -2.31. The smallest absolute Gasteiger partial charge is 0.314 e. The number of nitrogens with one attached hydrogen (secondary N) is 1. The molecule has 2 atom stereocenters. The molecule has 3 heterocycles. The average Bonchev–Trinajstić information content (AvgIpc) is 2.86. The van der Waals surface area contributed by atoms with Crippen LogP contribution < -0.4 is 11.1 Å². The van der Waals surface area contributed by atoms with Crippen LogP contribution in [0.25, 0.3) is 0 Å². The van der Waals surface area contributed by atoms with Crippen LogP contribution in [0.1, 0.15) is 23.2 Å². The number of nitrogens with two attached hydrogens (primary N) is 1. The summed E-state index contributed by atoms with van der Waals surface area (Å²) >= 11 is 0. The fourth-order valence-corrected chi connectivity index (χ4v) is 3.09. The van der Waals surface area contributed by atoms with Gasteiger partial charge < -0.3 is 25.4 Å². The first kappa shape index (κ1) is 16.6. The van der Waals surface area contributed by atoms with Crippen molar-refractivity contribution in [2.45, 2.75) is 24.5 Å². The third-order valence-electron chi connectivity index (χ3n) is 4.34. The minimum atomic E-state index is -0.543. The molecule has 3 amide bonds. The Hall–Kier alpha value is -2.26. The first-order valence-electron chi connectivity index (χ1n) is 7.93. The molecule has 2 aliphatic rings. The summed E-state index contributed by atoms with van der Waals surface area (Å²) in [5, 5.41) is 10.2. The fraction of sp³-hybridized carbons (Fsp3) is 0.600. The van der Waals surface area contributed by atoms with Crippen LogP contribution in [-0.2, 0) is 9.47 Å². The van der Waals surface area contributed by atoms with Crippen LogP contribution in [0.15, 0.2) is 18.5 Å². The highest BCUT2D eigenvalue weighted by molar-refractivity contribution is 5.93. The number of primary amides is 1. The fourth-order valence-electron chi connectivity index (χ4n) is 3.09. The zero-order valence-electron chi connectivity index (χ0n) is 13.3. The topological polar surface area (TPSA) is 120 Å². The average molecular weight is 335 g/mol. The zero-order chi connectivity index (χ0) is 17.0. The molecule has 1 spiro atoms. The van der Waals surface area contributed by atoms with E-state index in [-0.39, 0.29) is 12.0 Å². The molecule has 0 aliphatic carbocycles. The molecule has 130 valence electrons. The Morgan fingerprint density at radius 3 is 3.08 bits per heavy atom. The van der Waals surface area contributed by atoms with E-state index in [1.807, 2.05) is 0 Å². The summed E-state index contributed by atoms with van der Waals surface area (Å²) in [5.74, 6) is -0.217. The second kappa shape index (κ2) is 7.10. The van der Waals surface area contributed by atoms with Crippen molar-refractivity contribution >= 4 is 11.9 Å². The predicted molar refractivity (Wildman–Crippen MR) is 83.2 cm³/mol. The number of rotatable bonds is 3. The van der Waals surface area contributed by atoms with Gasteiger partial charge >= 0.3 is 6.03 Å². The van der Waals surface area contributed by atoms with Gasteiger partial charge in [0.2, 0.25) is 0 Å². The largest absolute Gasteiger partial charge is 0.377 e. The van der Waals surface area contributed by atoms with E-state index >= 15 is 0 Å². The number of nitrogens with zero attached hydrogens (tertiary/aromatic N) is 3. The SMILES string of the molecule is NC(=O)N1CCOCC2(CCC(CNC(=O)c3ccnnc3)O2)C1. The maximum Gasteiger partial charge on any atom is 0.314 e. The molecular formula is C15H21N5O4. The molecular weight excluding hydrogens is 314 g/mol. The summed E-state index contributed by atoms with van der Waals surface area (Å²) in [5.41, 5.74) is 5.30. The third-order valence-corrected chi connectivity index (χ3v) is 4.34. The van der Waals surface area contributed by atoms with Crippen LogP contribution in [0.2, 0.25) is 0 Å². The predicted octanol–water partition coefficient (Wildman–Crippen LogP) is -0.465. The summed E-state index contributed by atoms with van der Waals surface area (Å²) in [4.78, 5) is 25.1. The molecule has 2 saturated heterocycles. The molecule has 2 unspecified atom stereocenters. The lowest BCUT2D eigenvalue weighted by Crippen LogP contribution is -2.48. The molecule has 3 N–H and O–H groups in total. The Labute approximate surface area is 139 Å². The van der Waals surface area contributed by atoms with Crippen molar-refractivity contribution in [1.29, 1.82) is 0 Å². The second-order valence-corrected chi connectivity index (χ2v) is 6.12. The van der Waals surface area contributed by atoms with E-state index in [1.54, 1.807) is 11.0 Å². The molecule has 0 aromatic carbocycles. The van der Waals surface area contributed by atoms with Crippen molar-refractivity contribution in [1.82, 2.24) is 20.4 Å². The van der Waals surface area contributed by atoms with Crippen molar-refractivity contribution in [2.24, 2.45) is 5.73 Å². The third kappa shape index (κ3) is 3.80. The van der Waals surface area contributed by atoms with Gasteiger partial charge in [-0.05, 0) is 18.9 Å². The Balaban J connectivity index is 1.55. The lowest BCUT2D eigenvalue weighted by atomic mass is 10.0. The van der Waals surface area contributed by atoms with Gasteiger partial charge in [-0.2, -0.15) is 10.2 Å². The number of ether oxygens (including phenoxy) is 2. The number of hydrogen-bond donors (Lipinski definition) is 2. The number of carbonyl (C=O) groups is 2. The number of carbonyl (C=O) groups excluding carboxylic acids is 2. The summed E-state index contributed by atoms with van der Waals surface area (Å²) in [6.07, 6.45) is 4.30. The van der Waals surface area contributed by atoms with E-state index in [9.17, 15) is 9.59 Å². The van der Waals surface area contributed by atoms with Gasteiger partial charge in [0.25, 0.3) is 5.91 Å². The molecule has 1 aromatic heterocycles. The summed E-state index contributed by atoms with van der Waals surface area (Å²) in [6, 6.07) is 1.13. The number of urea groups is 1. The molecule has 2 aliphatic heterocycles. The van der Waals surface area contributed by atoms with Crippen LogP contribution in [0.5, 0.6) is 0 Å². The van der Waals surface area contributed by atoms with Crippen LogP contribution in [0, 0.1) is 0 Å². The quantitative estimate of drug-likeness (QED) is 0.771. The minimum Gasteiger partial charge on any atom is -0.377 e. The molecule has 3 rings (SSSR count). The Morgan fingerprint density at radius 2 is 2.33 bits per heavy atom. The van der Waals surface area contributed by atoms with Crippen molar-refractivity contribution in [3.8, 4) is 0 Å². The van der Waals surface area contributed by atoms with E-state index in [2.05, 4.69) is 15.5 Å². The highest BCUT2D eigenvalue weighted by Crippen LogP contribution is 2.32. The normalized spacial score (nSPS) is 27.0. The van der Waals surface area contributed by atoms with E-state index in [0.717, 1.165) is 12.8 Å². The highest BCUT2D eigenvalue weighted by Gasteiger charge is 2.43. The van der Waals surface area contributed by atoms with Gasteiger partial charge in [0.1, 0.15) is 5.60 Å².